The average Bonchev–Trinajstić information content (AvgIpc) is 2.91. The van der Waals surface area contributed by atoms with E-state index in [4.69, 9.17) is 9.72 Å². The first-order valence-electron chi connectivity index (χ1n) is 14.2. The molecule has 4 heteroatoms. The third-order valence-electron chi connectivity index (χ3n) is 6.79. The molecule has 2 aromatic carbocycles. The molecule has 0 aliphatic carbocycles. The van der Waals surface area contributed by atoms with Gasteiger partial charge < -0.3 is 4.74 Å². The van der Waals surface area contributed by atoms with Gasteiger partial charge in [0.15, 0.2) is 5.78 Å². The summed E-state index contributed by atoms with van der Waals surface area (Å²) in [4.78, 5) is 21.8. The van der Waals surface area contributed by atoms with Gasteiger partial charge in [0.05, 0.1) is 29.5 Å². The van der Waals surface area contributed by atoms with Gasteiger partial charge in [-0.25, -0.2) is 4.98 Å². The summed E-state index contributed by atoms with van der Waals surface area (Å²) in [6.45, 7) is 5.19. The van der Waals surface area contributed by atoms with Gasteiger partial charge in [0, 0.05) is 17.5 Å². The molecular weight excluding hydrogens is 444 g/mol. The Balaban J connectivity index is 1.41. The maximum atomic E-state index is 12.4. The summed E-state index contributed by atoms with van der Waals surface area (Å²) in [6, 6.07) is 13.7. The maximum absolute atomic E-state index is 12.4. The van der Waals surface area contributed by atoms with Crippen molar-refractivity contribution in [2.24, 2.45) is 0 Å². The lowest BCUT2D eigenvalue weighted by atomic mass is 10.0. The molecule has 194 valence electrons. The fraction of sp³-hybridized carbons (Fsp3) is 0.531. The zero-order chi connectivity index (χ0) is 25.4. The van der Waals surface area contributed by atoms with Gasteiger partial charge in [0.2, 0.25) is 0 Å². The second kappa shape index (κ2) is 16.1. The summed E-state index contributed by atoms with van der Waals surface area (Å²) >= 11 is 0. The number of aromatic nitrogens is 2. The van der Waals surface area contributed by atoms with Gasteiger partial charge >= 0.3 is 0 Å². The van der Waals surface area contributed by atoms with Crippen molar-refractivity contribution in [3.63, 3.8) is 0 Å². The largest absolute Gasteiger partial charge is 0.494 e. The Kier molecular flexibility index (Phi) is 12.4. The van der Waals surface area contributed by atoms with E-state index in [2.05, 4.69) is 18.8 Å². The maximum Gasteiger partial charge on any atom is 0.162 e. The van der Waals surface area contributed by atoms with E-state index in [9.17, 15) is 4.79 Å². The van der Waals surface area contributed by atoms with Crippen molar-refractivity contribution < 1.29 is 9.53 Å². The van der Waals surface area contributed by atoms with Crippen LogP contribution in [0.25, 0.3) is 22.3 Å². The molecule has 0 aliphatic heterocycles. The Labute approximate surface area is 217 Å². The van der Waals surface area contributed by atoms with Gasteiger partial charge in [0.1, 0.15) is 5.75 Å². The minimum atomic E-state index is 0.185. The Bertz CT molecular complexity index is 1050. The molecule has 1 aromatic heterocycles. The van der Waals surface area contributed by atoms with Crippen LogP contribution < -0.4 is 4.74 Å². The van der Waals surface area contributed by atoms with E-state index >= 15 is 0 Å². The molecule has 1 heterocycles. The summed E-state index contributed by atoms with van der Waals surface area (Å²) in [5.74, 6) is 1.08. The lowest BCUT2D eigenvalue weighted by Crippen LogP contribution is -2.00. The van der Waals surface area contributed by atoms with E-state index in [1.165, 1.54) is 57.8 Å². The summed E-state index contributed by atoms with van der Waals surface area (Å²) < 4.78 is 5.94. The van der Waals surface area contributed by atoms with Gasteiger partial charge in [-0.1, -0.05) is 84.5 Å². The highest BCUT2D eigenvalue weighted by Crippen LogP contribution is 2.23. The number of unbranched alkanes of at least 4 members (excludes halogenated alkanes) is 11. The SMILES string of the molecule is CCCCCCCCCCCCOc1ccc(-c2cnc3cc(C(=O)CCCCC)ccc3n2)cc1. The van der Waals surface area contributed by atoms with Crippen molar-refractivity contribution in [3.05, 3.63) is 54.2 Å². The predicted molar refractivity (Wildman–Crippen MR) is 151 cm³/mol. The number of hydrogen-bond acceptors (Lipinski definition) is 4. The molecule has 3 rings (SSSR count). The van der Waals surface area contributed by atoms with Crippen molar-refractivity contribution in [3.8, 4) is 17.0 Å². The van der Waals surface area contributed by atoms with Crippen LogP contribution in [0, 0.1) is 0 Å². The predicted octanol–water partition coefficient (Wildman–Crippen LogP) is 9.36. The molecule has 0 amide bonds. The van der Waals surface area contributed by atoms with Crippen LogP contribution in [0.3, 0.4) is 0 Å². The number of hydrogen-bond donors (Lipinski definition) is 0. The third kappa shape index (κ3) is 9.37. The van der Waals surface area contributed by atoms with Crippen LogP contribution in [0.5, 0.6) is 5.75 Å². The van der Waals surface area contributed by atoms with Crippen molar-refractivity contribution in [1.29, 1.82) is 0 Å². The Morgan fingerprint density at radius 2 is 1.36 bits per heavy atom. The highest BCUT2D eigenvalue weighted by atomic mass is 16.5. The number of benzene rings is 2. The summed E-state index contributed by atoms with van der Waals surface area (Å²) in [5, 5.41) is 0. The van der Waals surface area contributed by atoms with E-state index in [0.29, 0.717) is 6.42 Å². The van der Waals surface area contributed by atoms with E-state index in [1.54, 1.807) is 6.20 Å². The molecule has 0 aliphatic rings. The summed E-state index contributed by atoms with van der Waals surface area (Å²) in [7, 11) is 0. The number of carbonyl (C=O) groups excluding carboxylic acids is 1. The summed E-state index contributed by atoms with van der Waals surface area (Å²) in [5.41, 5.74) is 4.13. The van der Waals surface area contributed by atoms with Crippen LogP contribution in [0.4, 0.5) is 0 Å². The second-order valence-corrected chi connectivity index (χ2v) is 9.89. The molecule has 3 aromatic rings. The average molecular weight is 489 g/mol. The van der Waals surface area contributed by atoms with Crippen molar-refractivity contribution in [1.82, 2.24) is 9.97 Å². The van der Waals surface area contributed by atoms with Crippen LogP contribution in [-0.2, 0) is 0 Å². The standard InChI is InChI=1S/C32H44N2O2/c1-3-5-7-8-9-10-11-12-13-15-23-36-28-20-17-26(18-21-28)31-25-33-30-24-27(19-22-29(30)34-31)32(35)16-14-6-4-2/h17-22,24-25H,3-16,23H2,1-2H3. The van der Waals surface area contributed by atoms with Crippen molar-refractivity contribution in [2.75, 3.05) is 6.61 Å². The molecule has 0 N–H and O–H groups in total. The lowest BCUT2D eigenvalue weighted by Gasteiger charge is -2.08. The fourth-order valence-electron chi connectivity index (χ4n) is 4.50. The molecule has 0 atom stereocenters. The first-order valence-corrected chi connectivity index (χ1v) is 14.2. The molecule has 0 fully saturated rings. The highest BCUT2D eigenvalue weighted by molar-refractivity contribution is 5.98. The van der Waals surface area contributed by atoms with Crippen LogP contribution in [-0.4, -0.2) is 22.4 Å². The molecule has 36 heavy (non-hydrogen) atoms. The molecular formula is C32H44N2O2. The lowest BCUT2D eigenvalue weighted by molar-refractivity contribution is 0.0979. The van der Waals surface area contributed by atoms with Gasteiger partial charge in [-0.2, -0.15) is 0 Å². The number of rotatable bonds is 18. The number of ketones is 1. The molecule has 0 unspecified atom stereocenters. The van der Waals surface area contributed by atoms with E-state index in [0.717, 1.165) is 65.9 Å². The fourth-order valence-corrected chi connectivity index (χ4v) is 4.50. The zero-order valence-electron chi connectivity index (χ0n) is 22.4. The van der Waals surface area contributed by atoms with Crippen LogP contribution in [0.2, 0.25) is 0 Å². The molecule has 0 spiro atoms. The van der Waals surface area contributed by atoms with Crippen molar-refractivity contribution >= 4 is 16.8 Å². The molecule has 0 bridgehead atoms. The first-order chi connectivity index (χ1) is 17.7. The Hall–Kier alpha value is -2.75. The minimum Gasteiger partial charge on any atom is -0.494 e. The van der Waals surface area contributed by atoms with Crippen molar-refractivity contribution in [2.45, 2.75) is 104 Å². The topological polar surface area (TPSA) is 52.1 Å². The van der Waals surface area contributed by atoms with Crippen LogP contribution in [0.15, 0.2) is 48.7 Å². The third-order valence-corrected chi connectivity index (χ3v) is 6.79. The summed E-state index contributed by atoms with van der Waals surface area (Å²) in [6.07, 6.45) is 18.8. The second-order valence-electron chi connectivity index (χ2n) is 9.89. The molecule has 0 saturated heterocycles. The van der Waals surface area contributed by atoms with Gasteiger partial charge in [-0.05, 0) is 55.3 Å². The van der Waals surface area contributed by atoms with E-state index < -0.39 is 0 Å². The van der Waals surface area contributed by atoms with Crippen LogP contribution >= 0.6 is 0 Å². The molecule has 0 radical (unpaired) electrons. The van der Waals surface area contributed by atoms with Gasteiger partial charge in [-0.3, -0.25) is 9.78 Å². The van der Waals surface area contributed by atoms with Gasteiger partial charge in [0.25, 0.3) is 0 Å². The van der Waals surface area contributed by atoms with Crippen LogP contribution in [0.1, 0.15) is 114 Å². The Morgan fingerprint density at radius 1 is 0.722 bits per heavy atom. The van der Waals surface area contributed by atoms with E-state index in [1.807, 2.05) is 42.5 Å². The number of ether oxygens (including phenoxy) is 1. The Morgan fingerprint density at radius 3 is 2.06 bits per heavy atom. The number of fused-ring (bicyclic) bond motifs is 1. The highest BCUT2D eigenvalue weighted by Gasteiger charge is 2.09. The minimum absolute atomic E-state index is 0.185. The number of Topliss-reactive ketones (excluding diaryl/α,β-unsaturated/α-hetero) is 1. The normalized spacial score (nSPS) is 11.2. The first kappa shape index (κ1) is 27.8. The monoisotopic (exact) mass is 488 g/mol. The quantitative estimate of drug-likeness (QED) is 0.132. The number of carbonyl (C=O) groups is 1. The van der Waals surface area contributed by atoms with Gasteiger partial charge in [-0.15, -0.1) is 0 Å². The molecule has 0 saturated carbocycles. The smallest absolute Gasteiger partial charge is 0.162 e. The van der Waals surface area contributed by atoms with E-state index in [-0.39, 0.29) is 5.78 Å². The number of nitrogens with zero attached hydrogens (tertiary/aromatic N) is 2. The zero-order valence-corrected chi connectivity index (χ0v) is 22.4. The molecule has 4 nitrogen and oxygen atoms in total.